The summed E-state index contributed by atoms with van der Waals surface area (Å²) in [5.74, 6) is 2.18. The first-order chi connectivity index (χ1) is 9.71. The van der Waals surface area contributed by atoms with Gasteiger partial charge in [0.25, 0.3) is 0 Å². The van der Waals surface area contributed by atoms with E-state index in [0.29, 0.717) is 12.5 Å². The lowest BCUT2D eigenvalue weighted by atomic mass is 10.1. The van der Waals surface area contributed by atoms with E-state index in [0.717, 1.165) is 42.9 Å². The molecule has 0 fully saturated rings. The highest BCUT2D eigenvalue weighted by Crippen LogP contribution is 2.23. The molecule has 0 heterocycles. The first-order valence-electron chi connectivity index (χ1n) is 6.96. The van der Waals surface area contributed by atoms with Gasteiger partial charge in [-0.1, -0.05) is 13.3 Å². The predicted octanol–water partition coefficient (Wildman–Crippen LogP) is 2.57. The van der Waals surface area contributed by atoms with Crippen molar-refractivity contribution in [3.05, 3.63) is 23.8 Å². The summed E-state index contributed by atoms with van der Waals surface area (Å²) in [6.07, 6.45) is 2.98. The Morgan fingerprint density at radius 3 is 2.67 bits per heavy atom. The highest BCUT2D eigenvalue weighted by Gasteiger charge is 2.05. The minimum atomic E-state index is 0. The lowest BCUT2D eigenvalue weighted by molar-refractivity contribution is 0.398. The molecule has 0 aliphatic carbocycles. The molecule has 0 spiro atoms. The molecule has 0 aliphatic rings. The maximum atomic E-state index is 5.79. The zero-order valence-corrected chi connectivity index (χ0v) is 15.3. The van der Waals surface area contributed by atoms with Gasteiger partial charge in [0.05, 0.1) is 14.2 Å². The minimum Gasteiger partial charge on any atom is -0.497 e. The summed E-state index contributed by atoms with van der Waals surface area (Å²) in [6, 6.07) is 5.77. The number of hydrogen-bond acceptors (Lipinski definition) is 3. The molecule has 1 aromatic rings. The summed E-state index contributed by atoms with van der Waals surface area (Å²) in [6.45, 7) is 3.62. The van der Waals surface area contributed by atoms with Gasteiger partial charge in [0.1, 0.15) is 11.5 Å². The van der Waals surface area contributed by atoms with Crippen molar-refractivity contribution < 1.29 is 9.47 Å². The number of nitrogens with two attached hydrogens (primary N) is 1. The van der Waals surface area contributed by atoms with Crippen LogP contribution < -0.4 is 20.5 Å². The van der Waals surface area contributed by atoms with Gasteiger partial charge in [0.15, 0.2) is 5.96 Å². The fourth-order valence-electron chi connectivity index (χ4n) is 1.82. The van der Waals surface area contributed by atoms with Crippen LogP contribution in [0.3, 0.4) is 0 Å². The summed E-state index contributed by atoms with van der Waals surface area (Å²) in [5, 5.41) is 3.11. The normalized spacial score (nSPS) is 10.7. The van der Waals surface area contributed by atoms with Crippen LogP contribution in [-0.4, -0.2) is 33.3 Å². The van der Waals surface area contributed by atoms with Crippen molar-refractivity contribution in [3.63, 3.8) is 0 Å². The third-order valence-electron chi connectivity index (χ3n) is 2.98. The molecule has 0 amide bonds. The van der Waals surface area contributed by atoms with Crippen molar-refractivity contribution in [3.8, 4) is 11.5 Å². The number of halogens is 1. The fraction of sp³-hybridized carbons (Fsp3) is 0.533. The Morgan fingerprint density at radius 2 is 2.05 bits per heavy atom. The molecule has 1 rings (SSSR count). The van der Waals surface area contributed by atoms with Crippen molar-refractivity contribution in [2.75, 3.05) is 27.3 Å². The fourth-order valence-corrected chi connectivity index (χ4v) is 1.82. The zero-order valence-electron chi connectivity index (χ0n) is 13.0. The topological polar surface area (TPSA) is 68.9 Å². The van der Waals surface area contributed by atoms with Crippen molar-refractivity contribution in [2.45, 2.75) is 26.2 Å². The lowest BCUT2D eigenvalue weighted by Crippen LogP contribution is -2.33. The van der Waals surface area contributed by atoms with Crippen LogP contribution in [0.15, 0.2) is 23.2 Å². The number of nitrogens with one attached hydrogen (secondary N) is 1. The van der Waals surface area contributed by atoms with Crippen molar-refractivity contribution >= 4 is 29.9 Å². The van der Waals surface area contributed by atoms with Crippen LogP contribution in [0.5, 0.6) is 11.5 Å². The summed E-state index contributed by atoms with van der Waals surface area (Å²) in [7, 11) is 3.32. The average molecular weight is 407 g/mol. The van der Waals surface area contributed by atoms with Gasteiger partial charge in [-0.15, -0.1) is 24.0 Å². The molecule has 120 valence electrons. The van der Waals surface area contributed by atoms with E-state index >= 15 is 0 Å². The second-order valence-electron chi connectivity index (χ2n) is 4.48. The first-order valence-corrected chi connectivity index (χ1v) is 6.96. The number of methoxy groups -OCH3 is 2. The predicted molar refractivity (Wildman–Crippen MR) is 98.1 cm³/mol. The Hall–Kier alpha value is -1.18. The molecule has 3 N–H and O–H groups in total. The van der Waals surface area contributed by atoms with Crippen LogP contribution in [0.2, 0.25) is 0 Å². The van der Waals surface area contributed by atoms with Crippen molar-refractivity contribution in [1.82, 2.24) is 5.32 Å². The molecule has 21 heavy (non-hydrogen) atoms. The maximum Gasteiger partial charge on any atom is 0.188 e. The van der Waals surface area contributed by atoms with Gasteiger partial charge in [-0.05, 0) is 36.6 Å². The highest BCUT2D eigenvalue weighted by molar-refractivity contribution is 14.0. The van der Waals surface area contributed by atoms with E-state index in [1.54, 1.807) is 14.2 Å². The second kappa shape index (κ2) is 11.5. The summed E-state index contributed by atoms with van der Waals surface area (Å²) < 4.78 is 10.6. The molecule has 0 saturated carbocycles. The standard InChI is InChI=1S/C15H25N3O2.HI/c1-4-5-9-17-15(16)18-10-8-12-11-13(19-2)6-7-14(12)20-3;/h6-7,11H,4-5,8-10H2,1-3H3,(H3,16,17,18);1H. The summed E-state index contributed by atoms with van der Waals surface area (Å²) in [4.78, 5) is 4.25. The first kappa shape index (κ1) is 19.8. The highest BCUT2D eigenvalue weighted by atomic mass is 127. The van der Waals surface area contributed by atoms with E-state index in [9.17, 15) is 0 Å². The van der Waals surface area contributed by atoms with E-state index in [2.05, 4.69) is 17.2 Å². The Morgan fingerprint density at radius 1 is 1.29 bits per heavy atom. The maximum absolute atomic E-state index is 5.79. The van der Waals surface area contributed by atoms with Crippen molar-refractivity contribution in [2.24, 2.45) is 10.7 Å². The number of ether oxygens (including phenoxy) is 2. The molecule has 0 aromatic heterocycles. The van der Waals surface area contributed by atoms with Gasteiger partial charge in [-0.3, -0.25) is 4.99 Å². The molecule has 1 aromatic carbocycles. The zero-order chi connectivity index (χ0) is 14.8. The average Bonchev–Trinajstić information content (AvgIpc) is 2.47. The van der Waals surface area contributed by atoms with Crippen LogP contribution in [0.4, 0.5) is 0 Å². The van der Waals surface area contributed by atoms with Crippen LogP contribution in [0.1, 0.15) is 25.3 Å². The number of guanidine groups is 1. The van der Waals surface area contributed by atoms with E-state index in [1.807, 2.05) is 18.2 Å². The molecule has 6 heteroatoms. The minimum absolute atomic E-state index is 0. The largest absolute Gasteiger partial charge is 0.497 e. The van der Waals surface area contributed by atoms with E-state index in [1.165, 1.54) is 0 Å². The molecular formula is C15H26IN3O2. The molecule has 5 nitrogen and oxygen atoms in total. The van der Waals surface area contributed by atoms with Crippen LogP contribution in [0.25, 0.3) is 0 Å². The Balaban J connectivity index is 0.00000400. The lowest BCUT2D eigenvalue weighted by Gasteiger charge is -2.11. The number of nitrogens with zero attached hydrogens (tertiary/aromatic N) is 1. The second-order valence-corrected chi connectivity index (χ2v) is 4.48. The smallest absolute Gasteiger partial charge is 0.188 e. The number of rotatable bonds is 8. The monoisotopic (exact) mass is 407 g/mol. The van der Waals surface area contributed by atoms with Gasteiger partial charge in [-0.25, -0.2) is 0 Å². The van der Waals surface area contributed by atoms with E-state index in [4.69, 9.17) is 15.2 Å². The van der Waals surface area contributed by atoms with Crippen LogP contribution in [0, 0.1) is 0 Å². The van der Waals surface area contributed by atoms with E-state index in [-0.39, 0.29) is 24.0 Å². The molecule has 0 bridgehead atoms. The number of aliphatic imine (C=N–C) groups is 1. The molecule has 0 atom stereocenters. The van der Waals surface area contributed by atoms with Gasteiger partial charge < -0.3 is 20.5 Å². The quantitative estimate of drug-likeness (QED) is 0.301. The number of hydrogen-bond donors (Lipinski definition) is 2. The van der Waals surface area contributed by atoms with Crippen LogP contribution >= 0.6 is 24.0 Å². The molecule has 0 saturated heterocycles. The number of unbranched alkanes of at least 4 members (excludes halogenated alkanes) is 1. The Bertz CT molecular complexity index is 439. The third kappa shape index (κ3) is 7.40. The number of benzene rings is 1. The van der Waals surface area contributed by atoms with Gasteiger partial charge in [0, 0.05) is 13.1 Å². The Kier molecular flexibility index (Phi) is 10.8. The van der Waals surface area contributed by atoms with E-state index < -0.39 is 0 Å². The third-order valence-corrected chi connectivity index (χ3v) is 2.98. The van der Waals surface area contributed by atoms with Gasteiger partial charge >= 0.3 is 0 Å². The molecule has 0 radical (unpaired) electrons. The van der Waals surface area contributed by atoms with Gasteiger partial charge in [0.2, 0.25) is 0 Å². The van der Waals surface area contributed by atoms with Gasteiger partial charge in [-0.2, -0.15) is 0 Å². The molecular weight excluding hydrogens is 381 g/mol. The molecule has 0 aliphatic heterocycles. The van der Waals surface area contributed by atoms with Crippen LogP contribution in [-0.2, 0) is 6.42 Å². The molecule has 0 unspecified atom stereocenters. The SMILES string of the molecule is CCCCN=C(N)NCCc1cc(OC)ccc1OC.I. The van der Waals surface area contributed by atoms with Crippen molar-refractivity contribution in [1.29, 1.82) is 0 Å². The summed E-state index contributed by atoms with van der Waals surface area (Å²) >= 11 is 0. The Labute approximate surface area is 144 Å². The summed E-state index contributed by atoms with van der Waals surface area (Å²) in [5.41, 5.74) is 6.87.